The second-order valence-corrected chi connectivity index (χ2v) is 5.93. The van der Waals surface area contributed by atoms with Crippen LogP contribution in [0, 0.1) is 17.7 Å². The van der Waals surface area contributed by atoms with E-state index in [1.807, 2.05) is 0 Å². The van der Waals surface area contributed by atoms with E-state index in [2.05, 4.69) is 16.6 Å². The fourth-order valence-electron chi connectivity index (χ4n) is 1.43. The predicted molar refractivity (Wildman–Crippen MR) is 78.9 cm³/mol. The Labute approximate surface area is 124 Å². The number of aliphatic hydroxyl groups is 1. The van der Waals surface area contributed by atoms with Crippen LogP contribution in [-0.4, -0.2) is 39.1 Å². The van der Waals surface area contributed by atoms with E-state index in [4.69, 9.17) is 9.84 Å². The van der Waals surface area contributed by atoms with Gasteiger partial charge in [0.05, 0.1) is 24.7 Å². The zero-order chi connectivity index (χ0) is 15.7. The van der Waals surface area contributed by atoms with Gasteiger partial charge in [0.15, 0.2) is 0 Å². The molecule has 0 aromatic heterocycles. The highest BCUT2D eigenvalue weighted by molar-refractivity contribution is 7.92. The third-order valence-electron chi connectivity index (χ3n) is 2.40. The third kappa shape index (κ3) is 6.58. The highest BCUT2D eigenvalue weighted by Gasteiger charge is 2.13. The molecular weight excluding hydrogens is 297 g/mol. The molecule has 0 amide bonds. The predicted octanol–water partition coefficient (Wildman–Crippen LogP) is 1.34. The molecule has 1 rings (SSSR count). The lowest BCUT2D eigenvalue weighted by molar-refractivity contribution is 0.163. The maximum absolute atomic E-state index is 13.8. The average Bonchev–Trinajstić information content (AvgIpc) is 2.42. The molecule has 0 saturated heterocycles. The van der Waals surface area contributed by atoms with Crippen molar-refractivity contribution in [3.8, 4) is 11.8 Å². The Hall–Kier alpha value is -1.62. The zero-order valence-electron chi connectivity index (χ0n) is 11.7. The SMILES string of the molecule is CCOCCS(=O)(=O)Nc1ccc(C#CCCO)cc1F. The van der Waals surface area contributed by atoms with Crippen LogP contribution in [0.1, 0.15) is 18.9 Å². The maximum atomic E-state index is 13.8. The largest absolute Gasteiger partial charge is 0.395 e. The van der Waals surface area contributed by atoms with Crippen LogP contribution in [0.5, 0.6) is 0 Å². The second kappa shape index (κ2) is 8.62. The van der Waals surface area contributed by atoms with Crippen LogP contribution in [0.15, 0.2) is 18.2 Å². The molecule has 1 aromatic rings. The molecule has 0 unspecified atom stereocenters. The summed E-state index contributed by atoms with van der Waals surface area (Å²) in [6.45, 7) is 2.17. The fraction of sp³-hybridized carbons (Fsp3) is 0.429. The first-order chi connectivity index (χ1) is 9.98. The minimum Gasteiger partial charge on any atom is -0.395 e. The lowest BCUT2D eigenvalue weighted by Crippen LogP contribution is -2.20. The van der Waals surface area contributed by atoms with Crippen molar-refractivity contribution in [3.63, 3.8) is 0 Å². The molecule has 21 heavy (non-hydrogen) atoms. The van der Waals surface area contributed by atoms with E-state index in [1.54, 1.807) is 6.92 Å². The molecule has 0 radical (unpaired) electrons. The highest BCUT2D eigenvalue weighted by atomic mass is 32.2. The van der Waals surface area contributed by atoms with Gasteiger partial charge in [-0.05, 0) is 25.1 Å². The van der Waals surface area contributed by atoms with E-state index in [0.29, 0.717) is 18.6 Å². The normalized spacial score (nSPS) is 10.8. The molecule has 0 aliphatic rings. The monoisotopic (exact) mass is 315 g/mol. The van der Waals surface area contributed by atoms with Crippen LogP contribution >= 0.6 is 0 Å². The molecule has 0 saturated carbocycles. The van der Waals surface area contributed by atoms with Gasteiger partial charge in [-0.25, -0.2) is 12.8 Å². The Morgan fingerprint density at radius 3 is 2.81 bits per heavy atom. The number of ether oxygens (including phenoxy) is 1. The number of hydrogen-bond donors (Lipinski definition) is 2. The van der Waals surface area contributed by atoms with Crippen LogP contribution in [0.3, 0.4) is 0 Å². The first-order valence-corrected chi connectivity index (χ1v) is 8.11. The van der Waals surface area contributed by atoms with Crippen molar-refractivity contribution in [2.75, 3.05) is 30.3 Å². The van der Waals surface area contributed by atoms with Crippen molar-refractivity contribution in [2.24, 2.45) is 0 Å². The molecule has 0 spiro atoms. The van der Waals surface area contributed by atoms with Crippen molar-refractivity contribution in [1.29, 1.82) is 0 Å². The van der Waals surface area contributed by atoms with Gasteiger partial charge in [0.25, 0.3) is 0 Å². The Morgan fingerprint density at radius 2 is 2.19 bits per heavy atom. The minimum absolute atomic E-state index is 0.0537. The van der Waals surface area contributed by atoms with Gasteiger partial charge in [0.2, 0.25) is 10.0 Å². The summed E-state index contributed by atoms with van der Waals surface area (Å²) < 4.78 is 44.3. The van der Waals surface area contributed by atoms with Gasteiger partial charge in [0, 0.05) is 18.6 Å². The first-order valence-electron chi connectivity index (χ1n) is 6.46. The molecular formula is C14H18FNO4S. The first kappa shape index (κ1) is 17.4. The Kier molecular flexibility index (Phi) is 7.15. The van der Waals surface area contributed by atoms with Crippen molar-refractivity contribution >= 4 is 15.7 Å². The quantitative estimate of drug-likeness (QED) is 0.588. The minimum atomic E-state index is -3.65. The van der Waals surface area contributed by atoms with Gasteiger partial charge >= 0.3 is 0 Å². The zero-order valence-corrected chi connectivity index (χ0v) is 12.5. The third-order valence-corrected chi connectivity index (χ3v) is 3.64. The van der Waals surface area contributed by atoms with Crippen LogP contribution in [0.25, 0.3) is 0 Å². The van der Waals surface area contributed by atoms with Gasteiger partial charge in [-0.2, -0.15) is 0 Å². The van der Waals surface area contributed by atoms with Crippen LogP contribution in [0.4, 0.5) is 10.1 Å². The van der Waals surface area contributed by atoms with Gasteiger partial charge in [-0.3, -0.25) is 4.72 Å². The molecule has 0 aliphatic heterocycles. The molecule has 7 heteroatoms. The van der Waals surface area contributed by atoms with E-state index in [9.17, 15) is 12.8 Å². The van der Waals surface area contributed by atoms with Crippen molar-refractivity contribution < 1.29 is 22.7 Å². The maximum Gasteiger partial charge on any atom is 0.235 e. The van der Waals surface area contributed by atoms with Gasteiger partial charge in [0.1, 0.15) is 5.82 Å². The molecule has 1 aromatic carbocycles. The lowest BCUT2D eigenvalue weighted by Gasteiger charge is -2.09. The standard InChI is InChI=1S/C14H18FNO4S/c1-2-20-9-10-21(18,19)16-14-7-6-12(11-13(14)15)5-3-4-8-17/h6-7,11,16-17H,2,4,8-10H2,1H3. The van der Waals surface area contributed by atoms with E-state index in [0.717, 1.165) is 6.07 Å². The van der Waals surface area contributed by atoms with E-state index < -0.39 is 15.8 Å². The number of sulfonamides is 1. The van der Waals surface area contributed by atoms with Crippen LogP contribution in [-0.2, 0) is 14.8 Å². The summed E-state index contributed by atoms with van der Waals surface area (Å²) in [5.74, 6) is 4.39. The van der Waals surface area contributed by atoms with Crippen LogP contribution < -0.4 is 4.72 Å². The molecule has 0 bridgehead atoms. The summed E-state index contributed by atoms with van der Waals surface area (Å²) in [6.07, 6.45) is 0.299. The fourth-order valence-corrected chi connectivity index (χ4v) is 2.37. The summed E-state index contributed by atoms with van der Waals surface area (Å²) in [5, 5.41) is 8.60. The number of nitrogens with one attached hydrogen (secondary N) is 1. The summed E-state index contributed by atoms with van der Waals surface area (Å²) >= 11 is 0. The molecule has 0 fully saturated rings. The molecule has 0 atom stereocenters. The van der Waals surface area contributed by atoms with E-state index in [1.165, 1.54) is 12.1 Å². The number of hydrogen-bond acceptors (Lipinski definition) is 4. The smallest absolute Gasteiger partial charge is 0.235 e. The molecule has 0 heterocycles. The van der Waals surface area contributed by atoms with Gasteiger partial charge in [-0.15, -0.1) is 0 Å². The summed E-state index contributed by atoms with van der Waals surface area (Å²) in [7, 11) is -3.65. The van der Waals surface area contributed by atoms with Crippen molar-refractivity contribution in [2.45, 2.75) is 13.3 Å². The van der Waals surface area contributed by atoms with Crippen molar-refractivity contribution in [3.05, 3.63) is 29.6 Å². The number of halogens is 1. The number of anilines is 1. The Balaban J connectivity index is 2.75. The van der Waals surface area contributed by atoms with E-state index >= 15 is 0 Å². The summed E-state index contributed by atoms with van der Waals surface area (Å²) in [6, 6.07) is 3.97. The number of benzene rings is 1. The topological polar surface area (TPSA) is 75.6 Å². The van der Waals surface area contributed by atoms with Gasteiger partial charge < -0.3 is 9.84 Å². The highest BCUT2D eigenvalue weighted by Crippen LogP contribution is 2.17. The van der Waals surface area contributed by atoms with E-state index in [-0.39, 0.29) is 24.7 Å². The van der Waals surface area contributed by atoms with Crippen LogP contribution in [0.2, 0.25) is 0 Å². The molecule has 2 N–H and O–H groups in total. The Bertz CT molecular complexity index is 620. The van der Waals surface area contributed by atoms with Crippen molar-refractivity contribution in [1.82, 2.24) is 0 Å². The number of aliphatic hydroxyl groups excluding tert-OH is 1. The van der Waals surface area contributed by atoms with Gasteiger partial charge in [-0.1, -0.05) is 11.8 Å². The second-order valence-electron chi connectivity index (χ2n) is 4.09. The molecule has 116 valence electrons. The Morgan fingerprint density at radius 1 is 1.43 bits per heavy atom. The summed E-state index contributed by atoms with van der Waals surface area (Å²) in [5.41, 5.74) is 0.289. The molecule has 5 nitrogen and oxygen atoms in total. The summed E-state index contributed by atoms with van der Waals surface area (Å²) in [4.78, 5) is 0. The molecule has 0 aliphatic carbocycles. The number of rotatable bonds is 7. The lowest BCUT2D eigenvalue weighted by atomic mass is 10.2. The average molecular weight is 315 g/mol.